The number of hydrogen-bond acceptors (Lipinski definition) is 6. The molecule has 0 atom stereocenters. The van der Waals surface area contributed by atoms with Gasteiger partial charge in [-0.1, -0.05) is 5.16 Å². The number of rotatable bonds is 7. The molecule has 0 saturated heterocycles. The van der Waals surface area contributed by atoms with E-state index in [9.17, 15) is 4.79 Å². The first-order chi connectivity index (χ1) is 13.8. The Labute approximate surface area is 172 Å². The number of carbonyl (C=O) groups is 1. The van der Waals surface area contributed by atoms with E-state index in [0.29, 0.717) is 24.5 Å². The number of nitrogens with one attached hydrogen (secondary N) is 1. The van der Waals surface area contributed by atoms with Crippen LogP contribution in [0, 0.1) is 0 Å². The molecule has 29 heavy (non-hydrogen) atoms. The third-order valence-electron chi connectivity index (χ3n) is 5.11. The molecule has 0 aromatic heterocycles. The lowest BCUT2D eigenvalue weighted by atomic mass is 9.93. The highest BCUT2D eigenvalue weighted by Gasteiger charge is 2.42. The van der Waals surface area contributed by atoms with Gasteiger partial charge in [0.25, 0.3) is 0 Å². The van der Waals surface area contributed by atoms with E-state index < -0.39 is 6.09 Å². The molecule has 1 aliphatic carbocycles. The van der Waals surface area contributed by atoms with Crippen molar-refractivity contribution in [1.29, 1.82) is 0 Å². The number of amides is 1. The van der Waals surface area contributed by atoms with Crippen molar-refractivity contribution < 1.29 is 23.8 Å². The van der Waals surface area contributed by atoms with Crippen molar-refractivity contribution in [2.24, 2.45) is 5.16 Å². The monoisotopic (exact) mass is 404 g/mol. The van der Waals surface area contributed by atoms with Gasteiger partial charge in [-0.3, -0.25) is 0 Å². The van der Waals surface area contributed by atoms with Gasteiger partial charge in [-0.2, -0.15) is 0 Å². The van der Waals surface area contributed by atoms with Crippen LogP contribution in [0.25, 0.3) is 0 Å². The van der Waals surface area contributed by atoms with Crippen LogP contribution in [0.3, 0.4) is 0 Å². The Hall–Kier alpha value is -2.44. The lowest BCUT2D eigenvalue weighted by Gasteiger charge is -2.20. The first-order valence-corrected chi connectivity index (χ1v) is 10.3. The molecule has 1 aromatic rings. The van der Waals surface area contributed by atoms with Gasteiger partial charge in [0.15, 0.2) is 11.5 Å². The van der Waals surface area contributed by atoms with Crippen molar-refractivity contribution >= 4 is 11.8 Å². The van der Waals surface area contributed by atoms with Crippen LogP contribution in [-0.2, 0) is 9.57 Å². The summed E-state index contributed by atoms with van der Waals surface area (Å²) in [5, 5.41) is 7.11. The van der Waals surface area contributed by atoms with Crippen LogP contribution in [0.4, 0.5) is 4.79 Å². The van der Waals surface area contributed by atoms with Crippen molar-refractivity contribution in [2.75, 3.05) is 20.3 Å². The number of nitrogens with zero attached hydrogens (tertiary/aromatic N) is 1. The van der Waals surface area contributed by atoms with Gasteiger partial charge in [0.2, 0.25) is 0 Å². The number of methoxy groups -OCH3 is 1. The number of oxime groups is 1. The zero-order valence-corrected chi connectivity index (χ0v) is 17.9. The van der Waals surface area contributed by atoms with Gasteiger partial charge in [-0.05, 0) is 64.7 Å². The van der Waals surface area contributed by atoms with Crippen LogP contribution in [0.1, 0.15) is 64.9 Å². The lowest BCUT2D eigenvalue weighted by molar-refractivity contribution is -0.0126. The molecule has 7 nitrogen and oxygen atoms in total. The van der Waals surface area contributed by atoms with E-state index in [1.807, 2.05) is 39.0 Å². The van der Waals surface area contributed by atoms with Gasteiger partial charge in [0.05, 0.1) is 26.0 Å². The summed E-state index contributed by atoms with van der Waals surface area (Å²) >= 11 is 0. The SMILES string of the molecule is COc1ccc(C2=NOC3(CCCC3)C2)cc1OCCCOC(=O)NC(C)(C)C. The fraction of sp³-hybridized carbons (Fsp3) is 0.636. The van der Waals surface area contributed by atoms with Crippen LogP contribution in [0.5, 0.6) is 11.5 Å². The second-order valence-electron chi connectivity index (χ2n) is 8.77. The molecule has 1 heterocycles. The molecule has 3 rings (SSSR count). The molecule has 1 amide bonds. The Balaban J connectivity index is 1.51. The standard InChI is InChI=1S/C22H32N2O5/c1-21(2,3)23-20(25)28-13-7-12-27-19-14-16(8-9-18(19)26-4)17-15-22(29-24-17)10-5-6-11-22/h8-9,14H,5-7,10-13,15H2,1-4H3,(H,23,25). The second kappa shape index (κ2) is 8.93. The molecule has 1 fully saturated rings. The Morgan fingerprint density at radius 2 is 1.97 bits per heavy atom. The smallest absolute Gasteiger partial charge is 0.407 e. The molecule has 0 bridgehead atoms. The maximum atomic E-state index is 11.7. The summed E-state index contributed by atoms with van der Waals surface area (Å²) in [5.74, 6) is 1.31. The van der Waals surface area contributed by atoms with Crippen LogP contribution in [0.15, 0.2) is 23.4 Å². The van der Waals surface area contributed by atoms with E-state index in [0.717, 1.165) is 30.5 Å². The average Bonchev–Trinajstić information content (AvgIpc) is 3.30. The van der Waals surface area contributed by atoms with Gasteiger partial charge in [0.1, 0.15) is 5.60 Å². The highest BCUT2D eigenvalue weighted by atomic mass is 16.7. The fourth-order valence-corrected chi connectivity index (χ4v) is 3.68. The molecule has 1 N–H and O–H groups in total. The van der Waals surface area contributed by atoms with Crippen LogP contribution < -0.4 is 14.8 Å². The van der Waals surface area contributed by atoms with Crippen molar-refractivity contribution in [1.82, 2.24) is 5.32 Å². The number of benzene rings is 1. The van der Waals surface area contributed by atoms with Crippen LogP contribution >= 0.6 is 0 Å². The zero-order valence-electron chi connectivity index (χ0n) is 17.9. The van der Waals surface area contributed by atoms with Gasteiger partial charge in [0, 0.05) is 23.9 Å². The van der Waals surface area contributed by atoms with Crippen molar-refractivity contribution in [3.63, 3.8) is 0 Å². The quantitative estimate of drug-likeness (QED) is 0.681. The number of hydrogen-bond donors (Lipinski definition) is 1. The number of carbonyl (C=O) groups excluding carboxylic acids is 1. The van der Waals surface area contributed by atoms with Crippen molar-refractivity contribution in [3.8, 4) is 11.5 Å². The van der Waals surface area contributed by atoms with Crippen molar-refractivity contribution in [3.05, 3.63) is 23.8 Å². The second-order valence-corrected chi connectivity index (χ2v) is 8.77. The fourth-order valence-electron chi connectivity index (χ4n) is 3.68. The highest BCUT2D eigenvalue weighted by molar-refractivity contribution is 6.02. The minimum atomic E-state index is -0.419. The Kier molecular flexibility index (Phi) is 6.55. The predicted molar refractivity (Wildman–Crippen MR) is 111 cm³/mol. The van der Waals surface area contributed by atoms with Gasteiger partial charge >= 0.3 is 6.09 Å². The molecule has 1 aromatic carbocycles. The van der Waals surface area contributed by atoms with E-state index in [4.69, 9.17) is 19.0 Å². The molecule has 2 aliphatic rings. The average molecular weight is 405 g/mol. The Bertz CT molecular complexity index is 748. The summed E-state index contributed by atoms with van der Waals surface area (Å²) in [6.45, 7) is 6.42. The van der Waals surface area contributed by atoms with Gasteiger partial charge < -0.3 is 24.4 Å². The molecule has 160 valence electrons. The minimum absolute atomic E-state index is 0.0960. The van der Waals surface area contributed by atoms with Gasteiger partial charge in [-0.15, -0.1) is 0 Å². The molecule has 7 heteroatoms. The first-order valence-electron chi connectivity index (χ1n) is 10.3. The summed E-state index contributed by atoms with van der Waals surface area (Å²) in [5.41, 5.74) is 1.54. The van der Waals surface area contributed by atoms with Crippen LogP contribution in [-0.4, -0.2) is 43.3 Å². The van der Waals surface area contributed by atoms with Crippen LogP contribution in [0.2, 0.25) is 0 Å². The van der Waals surface area contributed by atoms with E-state index in [1.165, 1.54) is 12.8 Å². The molecule has 1 saturated carbocycles. The summed E-state index contributed by atoms with van der Waals surface area (Å²) < 4.78 is 16.5. The number of ether oxygens (including phenoxy) is 3. The minimum Gasteiger partial charge on any atom is -0.493 e. The summed E-state index contributed by atoms with van der Waals surface area (Å²) in [4.78, 5) is 17.5. The van der Waals surface area contributed by atoms with Crippen molar-refractivity contribution in [2.45, 2.75) is 70.4 Å². The predicted octanol–water partition coefficient (Wildman–Crippen LogP) is 4.43. The normalized spacial score (nSPS) is 17.6. The maximum absolute atomic E-state index is 11.7. The summed E-state index contributed by atoms with van der Waals surface area (Å²) in [7, 11) is 1.62. The molecular formula is C22H32N2O5. The topological polar surface area (TPSA) is 78.4 Å². The largest absolute Gasteiger partial charge is 0.493 e. The van der Waals surface area contributed by atoms with E-state index in [-0.39, 0.29) is 17.7 Å². The van der Waals surface area contributed by atoms with E-state index in [2.05, 4.69) is 10.5 Å². The zero-order chi connectivity index (χ0) is 20.9. The van der Waals surface area contributed by atoms with E-state index >= 15 is 0 Å². The Morgan fingerprint density at radius 1 is 1.21 bits per heavy atom. The first kappa shape index (κ1) is 21.3. The highest BCUT2D eigenvalue weighted by Crippen LogP contribution is 2.41. The molecular weight excluding hydrogens is 372 g/mol. The lowest BCUT2D eigenvalue weighted by Crippen LogP contribution is -2.41. The molecule has 0 unspecified atom stereocenters. The third-order valence-corrected chi connectivity index (χ3v) is 5.11. The third kappa shape index (κ3) is 5.78. The summed E-state index contributed by atoms with van der Waals surface area (Å²) in [6, 6.07) is 5.82. The maximum Gasteiger partial charge on any atom is 0.407 e. The molecule has 1 aliphatic heterocycles. The van der Waals surface area contributed by atoms with E-state index in [1.54, 1.807) is 7.11 Å². The molecule has 1 spiro atoms. The van der Waals surface area contributed by atoms with Gasteiger partial charge in [-0.25, -0.2) is 4.79 Å². The summed E-state index contributed by atoms with van der Waals surface area (Å²) in [6.07, 6.45) is 5.56. The molecule has 0 radical (unpaired) electrons. The number of alkyl carbamates (subject to hydrolysis) is 1. The Morgan fingerprint density at radius 3 is 2.66 bits per heavy atom.